The number of rotatable bonds is 6. The van der Waals surface area contributed by atoms with Gasteiger partial charge in [-0.05, 0) is 43.2 Å². The van der Waals surface area contributed by atoms with Gasteiger partial charge in [0.15, 0.2) is 5.13 Å². The van der Waals surface area contributed by atoms with Gasteiger partial charge < -0.3 is 10.2 Å². The Bertz CT molecular complexity index is 1160. The highest BCUT2D eigenvalue weighted by molar-refractivity contribution is 7.92. The van der Waals surface area contributed by atoms with Gasteiger partial charge in [-0.2, -0.15) is 0 Å². The molecule has 7 nitrogen and oxygen atoms in total. The Labute approximate surface area is 184 Å². The van der Waals surface area contributed by atoms with E-state index in [0.29, 0.717) is 5.56 Å². The highest BCUT2D eigenvalue weighted by Crippen LogP contribution is 2.23. The second kappa shape index (κ2) is 9.03. The largest absolute Gasteiger partial charge is 0.349 e. The summed E-state index contributed by atoms with van der Waals surface area (Å²) >= 11 is 1.59. The zero-order valence-electron chi connectivity index (χ0n) is 16.5. The monoisotopic (exact) mass is 460 g/mol. The number of halogens is 1. The number of carbonyl (C=O) groups is 1. The molecule has 0 atom stereocenters. The van der Waals surface area contributed by atoms with E-state index in [1.54, 1.807) is 29.7 Å². The van der Waals surface area contributed by atoms with E-state index in [-0.39, 0.29) is 17.6 Å². The molecule has 0 aliphatic carbocycles. The second-order valence-electron chi connectivity index (χ2n) is 7.17. The molecular formula is C21H21FN4O3S2. The summed E-state index contributed by atoms with van der Waals surface area (Å²) in [6.07, 6.45) is 3.37. The van der Waals surface area contributed by atoms with E-state index >= 15 is 0 Å². The maximum Gasteiger partial charge on any atom is 0.264 e. The summed E-state index contributed by atoms with van der Waals surface area (Å²) in [6.45, 7) is 1.61. The van der Waals surface area contributed by atoms with Gasteiger partial charge in [-0.25, -0.2) is 17.8 Å². The number of carbonyl (C=O) groups excluding carboxylic acids is 1. The fourth-order valence-corrected chi connectivity index (χ4v) is 5.28. The Balaban J connectivity index is 1.39. The van der Waals surface area contributed by atoms with Gasteiger partial charge in [-0.15, -0.1) is 11.3 Å². The summed E-state index contributed by atoms with van der Waals surface area (Å²) in [7, 11) is -4.11. The minimum Gasteiger partial charge on any atom is -0.349 e. The molecule has 2 N–H and O–H groups in total. The first-order valence-electron chi connectivity index (χ1n) is 9.75. The van der Waals surface area contributed by atoms with Crippen LogP contribution in [-0.4, -0.2) is 38.4 Å². The van der Waals surface area contributed by atoms with Crippen LogP contribution in [0, 0.1) is 5.82 Å². The Morgan fingerprint density at radius 1 is 1.13 bits per heavy atom. The molecule has 0 radical (unpaired) electrons. The maximum atomic E-state index is 13.9. The van der Waals surface area contributed by atoms with E-state index in [1.807, 2.05) is 5.38 Å². The molecule has 1 aliphatic rings. The molecule has 1 fully saturated rings. The Morgan fingerprint density at radius 3 is 2.61 bits per heavy atom. The fraction of sp³-hybridized carbons (Fsp3) is 0.238. The predicted molar refractivity (Wildman–Crippen MR) is 118 cm³/mol. The first kappa shape index (κ1) is 21.3. The van der Waals surface area contributed by atoms with Gasteiger partial charge in [0.2, 0.25) is 0 Å². The second-order valence-corrected chi connectivity index (χ2v) is 9.69. The van der Waals surface area contributed by atoms with Crippen LogP contribution in [0.2, 0.25) is 0 Å². The molecule has 1 aromatic heterocycles. The van der Waals surface area contributed by atoms with E-state index in [2.05, 4.69) is 19.9 Å². The Hall–Kier alpha value is -2.98. The van der Waals surface area contributed by atoms with Crippen molar-refractivity contribution in [2.75, 3.05) is 22.7 Å². The van der Waals surface area contributed by atoms with Crippen LogP contribution in [-0.2, 0) is 10.0 Å². The molecule has 0 spiro atoms. The number of nitrogens with one attached hydrogen (secondary N) is 2. The van der Waals surface area contributed by atoms with Crippen molar-refractivity contribution >= 4 is 38.1 Å². The fourth-order valence-electron chi connectivity index (χ4n) is 3.45. The molecule has 10 heteroatoms. The van der Waals surface area contributed by atoms with Gasteiger partial charge >= 0.3 is 0 Å². The van der Waals surface area contributed by atoms with Crippen molar-refractivity contribution in [3.63, 3.8) is 0 Å². The van der Waals surface area contributed by atoms with E-state index in [9.17, 15) is 17.6 Å². The van der Waals surface area contributed by atoms with Gasteiger partial charge in [0.05, 0.1) is 0 Å². The van der Waals surface area contributed by atoms with Crippen LogP contribution in [0.5, 0.6) is 0 Å². The SMILES string of the molecule is O=C(NC1CCN(c2nccs2)CC1)c1cccc(NS(=O)(=O)c2ccccc2F)c1. The molecular weight excluding hydrogens is 439 g/mol. The van der Waals surface area contributed by atoms with Crippen LogP contribution in [0.1, 0.15) is 23.2 Å². The number of amides is 1. The van der Waals surface area contributed by atoms with E-state index in [1.165, 1.54) is 30.3 Å². The van der Waals surface area contributed by atoms with Crippen LogP contribution in [0.15, 0.2) is 65.0 Å². The zero-order valence-corrected chi connectivity index (χ0v) is 18.1. The van der Waals surface area contributed by atoms with Crippen molar-refractivity contribution in [1.82, 2.24) is 10.3 Å². The molecule has 1 aliphatic heterocycles. The Kier molecular flexibility index (Phi) is 6.19. The third-order valence-electron chi connectivity index (χ3n) is 5.02. The summed E-state index contributed by atoms with van der Waals surface area (Å²) in [5.41, 5.74) is 0.519. The van der Waals surface area contributed by atoms with Crippen LogP contribution >= 0.6 is 11.3 Å². The van der Waals surface area contributed by atoms with Crippen LogP contribution in [0.3, 0.4) is 0 Å². The lowest BCUT2D eigenvalue weighted by atomic mass is 10.0. The molecule has 0 unspecified atom stereocenters. The molecule has 0 bridgehead atoms. The molecule has 31 heavy (non-hydrogen) atoms. The zero-order chi connectivity index (χ0) is 21.8. The number of benzene rings is 2. The van der Waals surface area contributed by atoms with E-state index < -0.39 is 20.7 Å². The first-order valence-corrected chi connectivity index (χ1v) is 12.1. The van der Waals surface area contributed by atoms with Gasteiger partial charge in [0.25, 0.3) is 15.9 Å². The average Bonchev–Trinajstić information content (AvgIpc) is 3.29. The number of nitrogens with zero attached hydrogens (tertiary/aromatic N) is 2. The number of anilines is 2. The third kappa shape index (κ3) is 5.02. The molecule has 2 heterocycles. The summed E-state index contributed by atoms with van der Waals surface area (Å²) in [6, 6.07) is 11.3. The molecule has 2 aromatic carbocycles. The molecule has 3 aromatic rings. The minimum absolute atomic E-state index is 0.0301. The van der Waals surface area contributed by atoms with E-state index in [4.69, 9.17) is 0 Å². The third-order valence-corrected chi connectivity index (χ3v) is 7.27. The molecule has 1 amide bonds. The highest BCUT2D eigenvalue weighted by atomic mass is 32.2. The lowest BCUT2D eigenvalue weighted by Crippen LogP contribution is -2.44. The number of hydrogen-bond acceptors (Lipinski definition) is 6. The standard InChI is InChI=1S/C21H21FN4O3S2/c22-18-6-1-2-7-19(18)31(28,29)25-17-5-3-4-15(14-17)20(27)24-16-8-11-26(12-9-16)21-23-10-13-30-21/h1-7,10,13-14,16,25H,8-9,11-12H2,(H,24,27). The van der Waals surface area contributed by atoms with Crippen LogP contribution in [0.4, 0.5) is 15.2 Å². The topological polar surface area (TPSA) is 91.4 Å². The quantitative estimate of drug-likeness (QED) is 0.588. The summed E-state index contributed by atoms with van der Waals surface area (Å²) < 4.78 is 41.2. The highest BCUT2D eigenvalue weighted by Gasteiger charge is 2.23. The van der Waals surface area contributed by atoms with E-state index in [0.717, 1.165) is 37.1 Å². The molecule has 1 saturated heterocycles. The number of aromatic nitrogens is 1. The van der Waals surface area contributed by atoms with Crippen LogP contribution < -0.4 is 14.9 Å². The number of piperidine rings is 1. The van der Waals surface area contributed by atoms with Crippen molar-refractivity contribution in [3.8, 4) is 0 Å². The van der Waals surface area contributed by atoms with Gasteiger partial charge in [0.1, 0.15) is 10.7 Å². The van der Waals surface area contributed by atoms with Gasteiger partial charge in [0, 0.05) is 42.0 Å². The average molecular weight is 461 g/mol. The minimum atomic E-state index is -4.11. The van der Waals surface area contributed by atoms with Gasteiger partial charge in [-0.1, -0.05) is 18.2 Å². The lowest BCUT2D eigenvalue weighted by molar-refractivity contribution is 0.0931. The van der Waals surface area contributed by atoms with Crippen molar-refractivity contribution in [2.45, 2.75) is 23.8 Å². The molecule has 4 rings (SSSR count). The van der Waals surface area contributed by atoms with Crippen molar-refractivity contribution in [2.24, 2.45) is 0 Å². The van der Waals surface area contributed by atoms with Gasteiger partial charge in [-0.3, -0.25) is 9.52 Å². The summed E-state index contributed by atoms with van der Waals surface area (Å²) in [5.74, 6) is -1.12. The maximum absolute atomic E-state index is 13.9. The summed E-state index contributed by atoms with van der Waals surface area (Å²) in [5, 5.41) is 5.94. The molecule has 0 saturated carbocycles. The van der Waals surface area contributed by atoms with Crippen molar-refractivity contribution in [3.05, 3.63) is 71.5 Å². The smallest absolute Gasteiger partial charge is 0.264 e. The normalized spacial score (nSPS) is 14.9. The number of sulfonamides is 1. The first-order chi connectivity index (χ1) is 14.9. The lowest BCUT2D eigenvalue weighted by Gasteiger charge is -2.32. The van der Waals surface area contributed by atoms with Crippen molar-refractivity contribution in [1.29, 1.82) is 0 Å². The Morgan fingerprint density at radius 2 is 1.90 bits per heavy atom. The van der Waals surface area contributed by atoms with Crippen molar-refractivity contribution < 1.29 is 17.6 Å². The number of thiazole rings is 1. The summed E-state index contributed by atoms with van der Waals surface area (Å²) in [4.78, 5) is 18.8. The predicted octanol–water partition coefficient (Wildman–Crippen LogP) is 3.48. The van der Waals surface area contributed by atoms with Crippen LogP contribution in [0.25, 0.3) is 0 Å². The molecule has 162 valence electrons. The number of hydrogen-bond donors (Lipinski definition) is 2.